The summed E-state index contributed by atoms with van der Waals surface area (Å²) in [5.41, 5.74) is 2.41. The van der Waals surface area contributed by atoms with Crippen molar-refractivity contribution in [2.75, 3.05) is 17.8 Å². The first-order valence-electron chi connectivity index (χ1n) is 9.97. The summed E-state index contributed by atoms with van der Waals surface area (Å²) in [6.07, 6.45) is -0.615. The van der Waals surface area contributed by atoms with E-state index in [2.05, 4.69) is 31.1 Å². The molecule has 0 spiro atoms. The molecule has 0 unspecified atom stereocenters. The van der Waals surface area contributed by atoms with E-state index >= 15 is 0 Å². The normalized spacial score (nSPS) is 14.8. The Labute approximate surface area is 203 Å². The fourth-order valence-corrected chi connectivity index (χ4v) is 5.03. The van der Waals surface area contributed by atoms with Gasteiger partial charge in [0.2, 0.25) is 23.2 Å². The van der Waals surface area contributed by atoms with Gasteiger partial charge in [0.05, 0.1) is 22.8 Å². The maximum absolute atomic E-state index is 13.3. The topological polar surface area (TPSA) is 77.4 Å². The number of hydrogen-bond donors (Lipinski definition) is 0. The number of halogens is 2. The van der Waals surface area contributed by atoms with Gasteiger partial charge in [-0.2, -0.15) is 4.98 Å². The maximum atomic E-state index is 13.3. The molecule has 0 N–H and O–H groups in total. The summed E-state index contributed by atoms with van der Waals surface area (Å²) >= 11 is 11.3. The predicted octanol–water partition coefficient (Wildman–Crippen LogP) is 5.91. The van der Waals surface area contributed by atoms with Crippen LogP contribution in [0.2, 0.25) is 5.02 Å². The summed E-state index contributed by atoms with van der Waals surface area (Å²) in [5, 5.41) is 9.61. The van der Waals surface area contributed by atoms with E-state index in [4.69, 9.17) is 21.1 Å². The fraction of sp³-hybridized carbons (Fsp3) is 0.273. The van der Waals surface area contributed by atoms with E-state index in [-0.39, 0.29) is 18.2 Å². The largest absolute Gasteiger partial charge is 0.495 e. The molecule has 1 aliphatic heterocycles. The van der Waals surface area contributed by atoms with Crippen molar-refractivity contribution in [3.05, 3.63) is 51.5 Å². The number of hydrogen-bond acceptors (Lipinski definition) is 7. The number of ether oxygens (including phenoxy) is 2. The van der Waals surface area contributed by atoms with E-state index in [9.17, 15) is 4.79 Å². The minimum Gasteiger partial charge on any atom is -0.495 e. The molecule has 1 aromatic heterocycles. The molecule has 0 bridgehead atoms. The Kier molecular flexibility index (Phi) is 6.88. The molecule has 7 nitrogen and oxygen atoms in total. The van der Waals surface area contributed by atoms with Crippen molar-refractivity contribution in [2.24, 2.45) is 0 Å². The molecular weight excluding hydrogens is 516 g/mol. The molecule has 1 amide bonds. The predicted molar refractivity (Wildman–Crippen MR) is 129 cm³/mol. The van der Waals surface area contributed by atoms with Crippen LogP contribution in [0, 0.1) is 0 Å². The van der Waals surface area contributed by atoms with E-state index in [1.807, 2.05) is 31.2 Å². The van der Waals surface area contributed by atoms with Gasteiger partial charge < -0.3 is 9.47 Å². The van der Waals surface area contributed by atoms with Crippen LogP contribution in [0.1, 0.15) is 32.1 Å². The summed E-state index contributed by atoms with van der Waals surface area (Å²) in [4.78, 5) is 19.5. The van der Waals surface area contributed by atoms with Crippen LogP contribution in [0.25, 0.3) is 11.3 Å². The van der Waals surface area contributed by atoms with Crippen LogP contribution in [0.15, 0.2) is 46.0 Å². The van der Waals surface area contributed by atoms with Gasteiger partial charge in [0.1, 0.15) is 5.75 Å². The monoisotopic (exact) mass is 534 g/mol. The molecule has 0 radical (unpaired) electrons. The Morgan fingerprint density at radius 2 is 2.06 bits per heavy atom. The van der Waals surface area contributed by atoms with Gasteiger partial charge in [-0.25, -0.2) is 0 Å². The Hall–Kier alpha value is -2.36. The summed E-state index contributed by atoms with van der Waals surface area (Å²) in [5.74, 6) is 1.46. The number of amides is 1. The van der Waals surface area contributed by atoms with Crippen LogP contribution in [-0.4, -0.2) is 34.0 Å². The van der Waals surface area contributed by atoms with Crippen LogP contribution in [0.4, 0.5) is 5.69 Å². The SMILES string of the molecule is CCSc1nnc2c(n1)O[C@H](c1cc(Cl)cc(Br)c1OC)N(C(=O)CC)c1ccccc1-2. The van der Waals surface area contributed by atoms with Crippen molar-refractivity contribution in [1.29, 1.82) is 0 Å². The second-order valence-electron chi connectivity index (χ2n) is 6.80. The highest BCUT2D eigenvalue weighted by atomic mass is 79.9. The van der Waals surface area contributed by atoms with Gasteiger partial charge in [0.15, 0.2) is 5.69 Å². The van der Waals surface area contributed by atoms with Gasteiger partial charge in [-0.05, 0) is 39.9 Å². The van der Waals surface area contributed by atoms with Crippen molar-refractivity contribution < 1.29 is 14.3 Å². The number of benzene rings is 2. The van der Waals surface area contributed by atoms with Crippen LogP contribution in [-0.2, 0) is 4.79 Å². The average molecular weight is 536 g/mol. The maximum Gasteiger partial charge on any atom is 0.247 e. The molecule has 3 aromatic rings. The average Bonchev–Trinajstić information content (AvgIpc) is 2.92. The van der Waals surface area contributed by atoms with E-state index in [0.29, 0.717) is 42.9 Å². The molecule has 0 saturated heterocycles. The molecule has 4 rings (SSSR count). The molecule has 10 heteroatoms. The molecule has 2 heterocycles. The Bertz CT molecular complexity index is 1180. The minimum absolute atomic E-state index is 0.135. The highest BCUT2D eigenvalue weighted by Gasteiger charge is 2.37. The van der Waals surface area contributed by atoms with Gasteiger partial charge in [-0.1, -0.05) is 55.4 Å². The zero-order valence-corrected chi connectivity index (χ0v) is 20.8. The van der Waals surface area contributed by atoms with Gasteiger partial charge in [-0.3, -0.25) is 9.69 Å². The molecule has 0 aliphatic carbocycles. The lowest BCUT2D eigenvalue weighted by atomic mass is 10.1. The van der Waals surface area contributed by atoms with Crippen molar-refractivity contribution in [2.45, 2.75) is 31.7 Å². The number of fused-ring (bicyclic) bond motifs is 3. The lowest BCUT2D eigenvalue weighted by Gasteiger charge is -2.31. The molecule has 0 fully saturated rings. The molecule has 32 heavy (non-hydrogen) atoms. The summed E-state index contributed by atoms with van der Waals surface area (Å²) < 4.78 is 12.7. The van der Waals surface area contributed by atoms with Crippen LogP contribution >= 0.6 is 39.3 Å². The number of anilines is 1. The van der Waals surface area contributed by atoms with Crippen LogP contribution in [0.5, 0.6) is 11.6 Å². The van der Waals surface area contributed by atoms with Crippen molar-refractivity contribution in [3.8, 4) is 22.9 Å². The highest BCUT2D eigenvalue weighted by Crippen LogP contribution is 2.46. The minimum atomic E-state index is -0.883. The number of carbonyl (C=O) groups is 1. The quantitative estimate of drug-likeness (QED) is 0.376. The van der Waals surface area contributed by atoms with Gasteiger partial charge in [-0.15, -0.1) is 10.2 Å². The first-order valence-corrected chi connectivity index (χ1v) is 12.1. The summed E-state index contributed by atoms with van der Waals surface area (Å²) in [6.45, 7) is 3.81. The fourth-order valence-electron chi connectivity index (χ4n) is 3.53. The van der Waals surface area contributed by atoms with Crippen molar-refractivity contribution in [1.82, 2.24) is 15.2 Å². The lowest BCUT2D eigenvalue weighted by Crippen LogP contribution is -2.37. The Balaban J connectivity index is 2.01. The molecular formula is C22H20BrClN4O3S. The van der Waals surface area contributed by atoms with E-state index in [1.54, 1.807) is 31.1 Å². The molecule has 1 aliphatic rings. The summed E-state index contributed by atoms with van der Waals surface area (Å²) in [6, 6.07) is 10.9. The first kappa shape index (κ1) is 22.8. The number of thioether (sulfide) groups is 1. The first-order chi connectivity index (χ1) is 15.5. The second kappa shape index (κ2) is 9.64. The zero-order chi connectivity index (χ0) is 22.8. The van der Waals surface area contributed by atoms with E-state index < -0.39 is 6.23 Å². The smallest absolute Gasteiger partial charge is 0.247 e. The van der Waals surface area contributed by atoms with E-state index in [1.165, 1.54) is 11.8 Å². The molecule has 0 saturated carbocycles. The zero-order valence-electron chi connectivity index (χ0n) is 17.6. The number of methoxy groups -OCH3 is 1. The Morgan fingerprint density at radius 1 is 1.28 bits per heavy atom. The number of carbonyl (C=O) groups excluding carboxylic acids is 1. The van der Waals surface area contributed by atoms with Crippen molar-refractivity contribution in [3.63, 3.8) is 0 Å². The van der Waals surface area contributed by atoms with E-state index in [0.717, 1.165) is 5.75 Å². The standard InChI is InChI=1S/C22H20BrClN4O3S/c1-4-17(29)28-16-9-7-6-8-13(16)18-20(25-22(27-26-18)32-5-2)31-21(28)14-10-12(24)11-15(23)19(14)30-3/h6-11,21H,4-5H2,1-3H3/t21-/m1/s1. The molecule has 2 aromatic carbocycles. The van der Waals surface area contributed by atoms with Crippen molar-refractivity contribution >= 4 is 50.9 Å². The lowest BCUT2D eigenvalue weighted by molar-refractivity contribution is -0.120. The molecule has 166 valence electrons. The third-order valence-electron chi connectivity index (χ3n) is 4.86. The van der Waals surface area contributed by atoms with Crippen LogP contribution in [0.3, 0.4) is 0 Å². The van der Waals surface area contributed by atoms with Gasteiger partial charge in [0, 0.05) is 17.0 Å². The Morgan fingerprint density at radius 3 is 2.78 bits per heavy atom. The number of aromatic nitrogens is 3. The highest BCUT2D eigenvalue weighted by molar-refractivity contribution is 9.10. The molecule has 1 atom stereocenters. The third kappa shape index (κ3) is 4.16. The van der Waals surface area contributed by atoms with Gasteiger partial charge in [0.25, 0.3) is 0 Å². The number of para-hydroxylation sites is 1. The number of rotatable bonds is 5. The number of nitrogens with zero attached hydrogens (tertiary/aromatic N) is 4. The third-order valence-corrected chi connectivity index (χ3v) is 6.39. The second-order valence-corrected chi connectivity index (χ2v) is 9.32. The summed E-state index contributed by atoms with van der Waals surface area (Å²) in [7, 11) is 1.56. The van der Waals surface area contributed by atoms with Crippen LogP contribution < -0.4 is 14.4 Å². The van der Waals surface area contributed by atoms with Gasteiger partial charge >= 0.3 is 0 Å².